The maximum absolute atomic E-state index is 11.9. The van der Waals surface area contributed by atoms with Gasteiger partial charge in [0.15, 0.2) is 0 Å². The second-order valence-electron chi connectivity index (χ2n) is 5.66. The lowest BCUT2D eigenvalue weighted by molar-refractivity contribution is -0.150. The van der Waals surface area contributed by atoms with Crippen molar-refractivity contribution < 1.29 is 19.7 Å². The molecule has 1 heterocycles. The highest BCUT2D eigenvalue weighted by Gasteiger charge is 2.33. The van der Waals surface area contributed by atoms with E-state index in [9.17, 15) is 9.90 Å². The zero-order valence-corrected chi connectivity index (χ0v) is 13.4. The van der Waals surface area contributed by atoms with Crippen LogP contribution in [-0.2, 0) is 16.1 Å². The van der Waals surface area contributed by atoms with E-state index in [1.807, 2.05) is 29.2 Å². The van der Waals surface area contributed by atoms with Gasteiger partial charge in [0.05, 0.1) is 19.8 Å². The fourth-order valence-corrected chi connectivity index (χ4v) is 2.71. The second-order valence-corrected chi connectivity index (χ2v) is 5.66. The molecule has 124 valence electrons. The van der Waals surface area contributed by atoms with Crippen molar-refractivity contribution in [3.63, 3.8) is 0 Å². The van der Waals surface area contributed by atoms with E-state index >= 15 is 0 Å². The maximum atomic E-state index is 11.9. The SMILES string of the molecule is COC(=O)C1CC(O)CCN1Cc1ccc(C#CCCO)cc1. The number of aliphatic hydroxyl groups is 2. The fraction of sp³-hybridized carbons (Fsp3) is 0.500. The fourth-order valence-electron chi connectivity index (χ4n) is 2.71. The van der Waals surface area contributed by atoms with Crippen LogP contribution in [0.5, 0.6) is 0 Å². The number of nitrogens with zero attached hydrogens (tertiary/aromatic N) is 1. The van der Waals surface area contributed by atoms with Crippen LogP contribution in [-0.4, -0.2) is 53.5 Å². The summed E-state index contributed by atoms with van der Waals surface area (Å²) in [6.45, 7) is 1.37. The number of likely N-dealkylation sites (tertiary alicyclic amines) is 1. The van der Waals surface area contributed by atoms with E-state index in [1.165, 1.54) is 7.11 Å². The van der Waals surface area contributed by atoms with Crippen LogP contribution in [0.3, 0.4) is 0 Å². The van der Waals surface area contributed by atoms with Crippen molar-refractivity contribution in [2.45, 2.75) is 38.0 Å². The minimum atomic E-state index is -0.445. The lowest BCUT2D eigenvalue weighted by atomic mass is 9.98. The van der Waals surface area contributed by atoms with E-state index in [4.69, 9.17) is 9.84 Å². The molecule has 23 heavy (non-hydrogen) atoms. The zero-order chi connectivity index (χ0) is 16.7. The number of methoxy groups -OCH3 is 1. The minimum Gasteiger partial charge on any atom is -0.468 e. The number of carbonyl (C=O) groups is 1. The van der Waals surface area contributed by atoms with Gasteiger partial charge in [0.2, 0.25) is 0 Å². The van der Waals surface area contributed by atoms with Gasteiger partial charge < -0.3 is 14.9 Å². The van der Waals surface area contributed by atoms with Gasteiger partial charge in [0.25, 0.3) is 0 Å². The standard InChI is InChI=1S/C18H23NO4/c1-23-18(22)17-12-16(21)9-10-19(17)13-15-7-5-14(6-8-15)4-2-3-11-20/h5-8,16-17,20-21H,3,9-13H2,1H3. The predicted octanol–water partition coefficient (Wildman–Crippen LogP) is 0.919. The molecular weight excluding hydrogens is 294 g/mol. The van der Waals surface area contributed by atoms with Crippen molar-refractivity contribution in [1.82, 2.24) is 4.90 Å². The van der Waals surface area contributed by atoms with E-state index in [2.05, 4.69) is 11.8 Å². The first-order valence-electron chi connectivity index (χ1n) is 7.82. The summed E-state index contributed by atoms with van der Waals surface area (Å²) in [4.78, 5) is 13.9. The lowest BCUT2D eigenvalue weighted by Crippen LogP contribution is -2.48. The van der Waals surface area contributed by atoms with Gasteiger partial charge in [-0.1, -0.05) is 24.0 Å². The van der Waals surface area contributed by atoms with Crippen LogP contribution < -0.4 is 0 Å². The van der Waals surface area contributed by atoms with Crippen LogP contribution >= 0.6 is 0 Å². The monoisotopic (exact) mass is 317 g/mol. The molecule has 1 saturated heterocycles. The Hall–Kier alpha value is -1.87. The van der Waals surface area contributed by atoms with E-state index in [0.717, 1.165) is 11.1 Å². The molecule has 0 radical (unpaired) electrons. The summed E-state index contributed by atoms with van der Waals surface area (Å²) in [7, 11) is 1.38. The molecule has 2 rings (SSSR count). The average molecular weight is 317 g/mol. The first kappa shape index (κ1) is 17.5. The van der Waals surface area contributed by atoms with Gasteiger partial charge in [-0.05, 0) is 30.5 Å². The average Bonchev–Trinajstić information content (AvgIpc) is 2.57. The van der Waals surface area contributed by atoms with Gasteiger partial charge >= 0.3 is 5.97 Å². The first-order valence-corrected chi connectivity index (χ1v) is 7.82. The van der Waals surface area contributed by atoms with Crippen molar-refractivity contribution in [1.29, 1.82) is 0 Å². The number of piperidine rings is 1. The molecule has 1 aliphatic heterocycles. The number of aliphatic hydroxyl groups excluding tert-OH is 2. The number of hydrogen-bond donors (Lipinski definition) is 2. The van der Waals surface area contributed by atoms with Crippen LogP contribution in [0, 0.1) is 11.8 Å². The molecule has 1 aliphatic rings. The predicted molar refractivity (Wildman–Crippen MR) is 86.5 cm³/mol. The Morgan fingerprint density at radius 2 is 2.13 bits per heavy atom. The Balaban J connectivity index is 2.02. The number of hydrogen-bond acceptors (Lipinski definition) is 5. The molecule has 0 amide bonds. The molecule has 0 spiro atoms. The third kappa shape index (κ3) is 5.07. The molecule has 0 aliphatic carbocycles. The highest BCUT2D eigenvalue weighted by atomic mass is 16.5. The molecule has 1 fully saturated rings. The normalized spacial score (nSPS) is 21.3. The van der Waals surface area contributed by atoms with Gasteiger partial charge in [-0.15, -0.1) is 0 Å². The third-order valence-corrected chi connectivity index (χ3v) is 3.97. The Labute approximate surface area is 136 Å². The van der Waals surface area contributed by atoms with E-state index in [-0.39, 0.29) is 12.6 Å². The van der Waals surface area contributed by atoms with Crippen molar-refractivity contribution in [2.75, 3.05) is 20.3 Å². The molecule has 2 N–H and O–H groups in total. The molecule has 1 aromatic carbocycles. The summed E-state index contributed by atoms with van der Waals surface area (Å²) in [6, 6.07) is 7.45. The number of ether oxygens (including phenoxy) is 1. The summed E-state index contributed by atoms with van der Waals surface area (Å²) in [5.41, 5.74) is 1.99. The van der Waals surface area contributed by atoms with Gasteiger partial charge in [-0.3, -0.25) is 9.69 Å². The van der Waals surface area contributed by atoms with Gasteiger partial charge in [0.1, 0.15) is 6.04 Å². The molecular formula is C18H23NO4. The Morgan fingerprint density at radius 3 is 2.78 bits per heavy atom. The summed E-state index contributed by atoms with van der Waals surface area (Å²) >= 11 is 0. The Bertz CT molecular complexity index is 573. The van der Waals surface area contributed by atoms with E-state index in [0.29, 0.717) is 32.4 Å². The molecule has 0 saturated carbocycles. The number of esters is 1. The third-order valence-electron chi connectivity index (χ3n) is 3.97. The second kappa shape index (κ2) is 8.68. The van der Waals surface area contributed by atoms with Gasteiger partial charge in [-0.2, -0.15) is 0 Å². The van der Waals surface area contributed by atoms with Crippen LogP contribution in [0.25, 0.3) is 0 Å². The van der Waals surface area contributed by atoms with Gasteiger partial charge in [0, 0.05) is 25.1 Å². The van der Waals surface area contributed by atoms with Crippen molar-refractivity contribution >= 4 is 5.97 Å². The van der Waals surface area contributed by atoms with Crippen molar-refractivity contribution in [3.8, 4) is 11.8 Å². The van der Waals surface area contributed by atoms with Crippen LogP contribution in [0.1, 0.15) is 30.4 Å². The zero-order valence-electron chi connectivity index (χ0n) is 13.4. The summed E-state index contributed by atoms with van der Waals surface area (Å²) in [5, 5.41) is 18.5. The number of benzene rings is 1. The van der Waals surface area contributed by atoms with Crippen LogP contribution in [0.2, 0.25) is 0 Å². The van der Waals surface area contributed by atoms with Crippen molar-refractivity contribution in [2.24, 2.45) is 0 Å². The lowest BCUT2D eigenvalue weighted by Gasteiger charge is -2.36. The molecule has 0 aromatic heterocycles. The van der Waals surface area contributed by atoms with E-state index < -0.39 is 12.1 Å². The summed E-state index contributed by atoms with van der Waals surface area (Å²) in [5.74, 6) is 5.58. The molecule has 5 heteroatoms. The highest BCUT2D eigenvalue weighted by molar-refractivity contribution is 5.75. The molecule has 2 atom stereocenters. The molecule has 5 nitrogen and oxygen atoms in total. The first-order chi connectivity index (χ1) is 11.1. The van der Waals surface area contributed by atoms with Crippen molar-refractivity contribution in [3.05, 3.63) is 35.4 Å². The van der Waals surface area contributed by atoms with Gasteiger partial charge in [-0.25, -0.2) is 0 Å². The number of carbonyl (C=O) groups excluding carboxylic acids is 1. The Morgan fingerprint density at radius 1 is 1.39 bits per heavy atom. The largest absolute Gasteiger partial charge is 0.468 e. The molecule has 2 unspecified atom stereocenters. The maximum Gasteiger partial charge on any atom is 0.323 e. The molecule has 1 aromatic rings. The minimum absolute atomic E-state index is 0.0702. The van der Waals surface area contributed by atoms with E-state index in [1.54, 1.807) is 0 Å². The van der Waals surface area contributed by atoms with Crippen LogP contribution in [0.15, 0.2) is 24.3 Å². The van der Waals surface area contributed by atoms with Crippen LogP contribution in [0.4, 0.5) is 0 Å². The summed E-state index contributed by atoms with van der Waals surface area (Å²) in [6.07, 6.45) is 1.10. The highest BCUT2D eigenvalue weighted by Crippen LogP contribution is 2.21. The Kier molecular flexibility index (Phi) is 6.60. The summed E-state index contributed by atoms with van der Waals surface area (Å²) < 4.78 is 4.85. The quantitative estimate of drug-likeness (QED) is 0.638. The smallest absolute Gasteiger partial charge is 0.323 e. The molecule has 0 bridgehead atoms. The topological polar surface area (TPSA) is 70.0 Å². The number of rotatable bonds is 4.